The molecule has 0 saturated heterocycles. The average molecular weight is 315 g/mol. The molecule has 0 heterocycles. The molecular formula is C16H20Cl2O2. The van der Waals surface area contributed by atoms with Crippen molar-refractivity contribution in [1.29, 1.82) is 0 Å². The van der Waals surface area contributed by atoms with Crippen LogP contribution in [0.5, 0.6) is 0 Å². The Kier molecular flexibility index (Phi) is 5.11. The predicted octanol–water partition coefficient (Wildman–Crippen LogP) is 4.70. The number of Topliss-reactive ketones (excluding diaryl/α,β-unsaturated/α-hetero) is 1. The molecule has 0 amide bonds. The van der Waals surface area contributed by atoms with Gasteiger partial charge in [0.15, 0.2) is 5.78 Å². The highest BCUT2D eigenvalue weighted by Gasteiger charge is 2.40. The standard InChI is InChI=1S/C16H20Cl2O2/c1-11-5-7-16(20-2,8-6-11)15(19)10-12-9-13(17)3-4-14(12)18/h3-4,9,11H,5-8,10H2,1-2H3. The highest BCUT2D eigenvalue weighted by molar-refractivity contribution is 6.33. The summed E-state index contributed by atoms with van der Waals surface area (Å²) in [6.07, 6.45) is 3.93. The number of halogens is 2. The van der Waals surface area contributed by atoms with Crippen molar-refractivity contribution in [3.05, 3.63) is 33.8 Å². The summed E-state index contributed by atoms with van der Waals surface area (Å²) in [5.74, 6) is 0.775. The Bertz CT molecular complexity index is 491. The van der Waals surface area contributed by atoms with Gasteiger partial charge in [-0.2, -0.15) is 0 Å². The van der Waals surface area contributed by atoms with Gasteiger partial charge in [0.25, 0.3) is 0 Å². The van der Waals surface area contributed by atoms with Crippen LogP contribution in [0.3, 0.4) is 0 Å². The smallest absolute Gasteiger partial charge is 0.169 e. The van der Waals surface area contributed by atoms with E-state index in [9.17, 15) is 4.79 Å². The lowest BCUT2D eigenvalue weighted by Gasteiger charge is -2.37. The quantitative estimate of drug-likeness (QED) is 0.805. The molecule has 0 bridgehead atoms. The second-order valence-corrected chi connectivity index (χ2v) is 6.56. The highest BCUT2D eigenvalue weighted by Crippen LogP contribution is 2.36. The zero-order chi connectivity index (χ0) is 14.8. The first-order valence-electron chi connectivity index (χ1n) is 6.99. The van der Waals surface area contributed by atoms with Gasteiger partial charge in [-0.25, -0.2) is 0 Å². The summed E-state index contributed by atoms with van der Waals surface area (Å²) in [5, 5.41) is 1.18. The van der Waals surface area contributed by atoms with E-state index in [0.717, 1.165) is 31.2 Å². The zero-order valence-corrected chi connectivity index (χ0v) is 13.4. The van der Waals surface area contributed by atoms with Gasteiger partial charge in [0.05, 0.1) is 0 Å². The number of ether oxygens (including phenoxy) is 1. The highest BCUT2D eigenvalue weighted by atomic mass is 35.5. The van der Waals surface area contributed by atoms with Crippen LogP contribution < -0.4 is 0 Å². The summed E-state index contributed by atoms with van der Waals surface area (Å²) >= 11 is 12.1. The van der Waals surface area contributed by atoms with E-state index in [1.165, 1.54) is 0 Å². The van der Waals surface area contributed by atoms with Gasteiger partial charge in [0.1, 0.15) is 5.60 Å². The number of rotatable bonds is 4. The number of methoxy groups -OCH3 is 1. The van der Waals surface area contributed by atoms with Crippen molar-refractivity contribution in [3.8, 4) is 0 Å². The van der Waals surface area contributed by atoms with Gasteiger partial charge in [-0.15, -0.1) is 0 Å². The van der Waals surface area contributed by atoms with Crippen LogP contribution in [0.4, 0.5) is 0 Å². The van der Waals surface area contributed by atoms with Gasteiger partial charge in [-0.1, -0.05) is 30.1 Å². The van der Waals surface area contributed by atoms with Crippen LogP contribution in [-0.4, -0.2) is 18.5 Å². The van der Waals surface area contributed by atoms with Gasteiger partial charge in [-0.3, -0.25) is 4.79 Å². The average Bonchev–Trinajstić information content (AvgIpc) is 2.44. The summed E-state index contributed by atoms with van der Waals surface area (Å²) in [5.41, 5.74) is 0.136. The topological polar surface area (TPSA) is 26.3 Å². The van der Waals surface area contributed by atoms with Crippen LogP contribution in [0.15, 0.2) is 18.2 Å². The molecule has 20 heavy (non-hydrogen) atoms. The third-order valence-corrected chi connectivity index (χ3v) is 4.94. The molecule has 1 aliphatic rings. The minimum atomic E-state index is -0.641. The number of hydrogen-bond donors (Lipinski definition) is 0. The minimum absolute atomic E-state index is 0.107. The molecule has 0 aliphatic heterocycles. The molecule has 1 aromatic rings. The zero-order valence-electron chi connectivity index (χ0n) is 11.9. The first-order valence-corrected chi connectivity index (χ1v) is 7.75. The van der Waals surface area contributed by atoms with Crippen molar-refractivity contribution in [3.63, 3.8) is 0 Å². The maximum Gasteiger partial charge on any atom is 0.169 e. The molecule has 0 aromatic heterocycles. The van der Waals surface area contributed by atoms with Crippen LogP contribution in [0, 0.1) is 5.92 Å². The van der Waals surface area contributed by atoms with Gasteiger partial charge in [-0.05, 0) is 55.4 Å². The number of carbonyl (C=O) groups excluding carboxylic acids is 1. The molecule has 1 saturated carbocycles. The number of benzene rings is 1. The first-order chi connectivity index (χ1) is 9.47. The summed E-state index contributed by atoms with van der Waals surface area (Å²) in [6, 6.07) is 5.22. The van der Waals surface area contributed by atoms with Crippen LogP contribution in [0.2, 0.25) is 10.0 Å². The SMILES string of the molecule is COC1(C(=O)Cc2cc(Cl)ccc2Cl)CCC(C)CC1. The van der Waals surface area contributed by atoms with E-state index in [2.05, 4.69) is 6.92 Å². The van der Waals surface area contributed by atoms with Crippen molar-refractivity contribution >= 4 is 29.0 Å². The number of hydrogen-bond acceptors (Lipinski definition) is 2. The van der Waals surface area contributed by atoms with Crippen molar-refractivity contribution in [2.75, 3.05) is 7.11 Å². The van der Waals surface area contributed by atoms with Crippen molar-refractivity contribution in [1.82, 2.24) is 0 Å². The second-order valence-electron chi connectivity index (χ2n) is 5.72. The Morgan fingerprint density at radius 1 is 1.35 bits per heavy atom. The lowest BCUT2D eigenvalue weighted by atomic mass is 9.76. The summed E-state index contributed by atoms with van der Waals surface area (Å²) in [4.78, 5) is 12.7. The maximum atomic E-state index is 12.7. The van der Waals surface area contributed by atoms with Crippen LogP contribution in [0.1, 0.15) is 38.2 Å². The first kappa shape index (κ1) is 15.8. The Labute approximate surface area is 130 Å². The summed E-state index contributed by atoms with van der Waals surface area (Å²) in [7, 11) is 1.63. The van der Waals surface area contributed by atoms with E-state index in [4.69, 9.17) is 27.9 Å². The second kappa shape index (κ2) is 6.46. The lowest BCUT2D eigenvalue weighted by molar-refractivity contribution is -0.145. The van der Waals surface area contributed by atoms with Gasteiger partial charge < -0.3 is 4.74 Å². The van der Waals surface area contributed by atoms with E-state index in [0.29, 0.717) is 16.0 Å². The molecule has 4 heteroatoms. The van der Waals surface area contributed by atoms with Crippen molar-refractivity contribution in [2.45, 2.75) is 44.6 Å². The fourth-order valence-corrected chi connectivity index (χ4v) is 3.22. The maximum absolute atomic E-state index is 12.7. The fourth-order valence-electron chi connectivity index (χ4n) is 2.84. The Balaban J connectivity index is 2.15. The fraction of sp³-hybridized carbons (Fsp3) is 0.562. The molecule has 0 atom stereocenters. The Morgan fingerprint density at radius 3 is 2.60 bits per heavy atom. The van der Waals surface area contributed by atoms with E-state index in [1.54, 1.807) is 25.3 Å². The summed E-state index contributed by atoms with van der Waals surface area (Å²) < 4.78 is 5.61. The molecular weight excluding hydrogens is 295 g/mol. The molecule has 2 nitrogen and oxygen atoms in total. The molecule has 110 valence electrons. The Morgan fingerprint density at radius 2 is 2.00 bits per heavy atom. The molecule has 0 N–H and O–H groups in total. The number of ketones is 1. The monoisotopic (exact) mass is 314 g/mol. The van der Waals surface area contributed by atoms with Crippen LogP contribution in [0.25, 0.3) is 0 Å². The molecule has 1 aliphatic carbocycles. The molecule has 2 rings (SSSR count). The van der Waals surface area contributed by atoms with Crippen molar-refractivity contribution in [2.24, 2.45) is 5.92 Å². The van der Waals surface area contributed by atoms with Crippen molar-refractivity contribution < 1.29 is 9.53 Å². The van der Waals surface area contributed by atoms with Gasteiger partial charge in [0, 0.05) is 23.6 Å². The molecule has 0 unspecified atom stereocenters. The molecule has 0 spiro atoms. The molecule has 1 aromatic carbocycles. The van der Waals surface area contributed by atoms with E-state index < -0.39 is 5.60 Å². The van der Waals surface area contributed by atoms with Crippen LogP contribution in [-0.2, 0) is 16.0 Å². The summed E-state index contributed by atoms with van der Waals surface area (Å²) in [6.45, 7) is 2.22. The predicted molar refractivity (Wildman–Crippen MR) is 82.5 cm³/mol. The van der Waals surface area contributed by atoms with E-state index >= 15 is 0 Å². The molecule has 1 fully saturated rings. The van der Waals surface area contributed by atoms with Gasteiger partial charge >= 0.3 is 0 Å². The Hall–Kier alpha value is -0.570. The van der Waals surface area contributed by atoms with E-state index in [1.807, 2.05) is 0 Å². The van der Waals surface area contributed by atoms with Gasteiger partial charge in [0.2, 0.25) is 0 Å². The number of carbonyl (C=O) groups is 1. The van der Waals surface area contributed by atoms with Crippen LogP contribution >= 0.6 is 23.2 Å². The van der Waals surface area contributed by atoms with E-state index in [-0.39, 0.29) is 12.2 Å². The normalized spacial score (nSPS) is 26.5. The molecule has 0 radical (unpaired) electrons. The third-order valence-electron chi connectivity index (χ3n) is 4.34. The minimum Gasteiger partial charge on any atom is -0.370 e. The lowest BCUT2D eigenvalue weighted by Crippen LogP contribution is -2.44. The largest absolute Gasteiger partial charge is 0.370 e. The third kappa shape index (κ3) is 3.36.